The molecule has 29 heavy (non-hydrogen) atoms. The maximum Gasteiger partial charge on any atom is 0.267 e. The van der Waals surface area contributed by atoms with E-state index in [2.05, 4.69) is 30.0 Å². The lowest BCUT2D eigenvalue weighted by Gasteiger charge is -2.35. The van der Waals surface area contributed by atoms with Crippen LogP contribution in [0.1, 0.15) is 11.3 Å². The molecule has 5 heterocycles. The number of aromatic nitrogens is 6. The molecule has 10 heteroatoms. The van der Waals surface area contributed by atoms with Crippen LogP contribution in [0.4, 0.5) is 5.82 Å². The van der Waals surface area contributed by atoms with E-state index in [1.54, 1.807) is 21.8 Å². The Hall–Kier alpha value is -2.46. The van der Waals surface area contributed by atoms with Crippen molar-refractivity contribution in [2.75, 3.05) is 43.4 Å². The first-order valence-electron chi connectivity index (χ1n) is 9.97. The monoisotopic (exact) mass is 412 g/mol. The van der Waals surface area contributed by atoms with Gasteiger partial charge in [-0.1, -0.05) is 0 Å². The fourth-order valence-corrected chi connectivity index (χ4v) is 4.99. The summed E-state index contributed by atoms with van der Waals surface area (Å²) in [6.45, 7) is 5.12. The molecule has 0 radical (unpaired) electrons. The zero-order valence-corrected chi connectivity index (χ0v) is 17.3. The van der Waals surface area contributed by atoms with Gasteiger partial charge in [0.15, 0.2) is 5.65 Å². The van der Waals surface area contributed by atoms with Crippen LogP contribution in [0.3, 0.4) is 0 Å². The van der Waals surface area contributed by atoms with Gasteiger partial charge in [0.25, 0.3) is 5.56 Å². The largest absolute Gasteiger partial charge is 0.353 e. The Morgan fingerprint density at radius 1 is 1.14 bits per heavy atom. The molecule has 0 unspecified atom stereocenters. The van der Waals surface area contributed by atoms with E-state index in [-0.39, 0.29) is 5.56 Å². The highest BCUT2D eigenvalue weighted by Gasteiger charge is 2.21. The first-order chi connectivity index (χ1) is 14.2. The highest BCUT2D eigenvalue weighted by Crippen LogP contribution is 2.23. The van der Waals surface area contributed by atoms with Gasteiger partial charge in [-0.25, -0.2) is 14.6 Å². The second kappa shape index (κ2) is 7.75. The summed E-state index contributed by atoms with van der Waals surface area (Å²) in [6, 6.07) is 1.78. The Balaban J connectivity index is 1.22. The molecular weight excluding hydrogens is 388 g/mol. The summed E-state index contributed by atoms with van der Waals surface area (Å²) in [7, 11) is 1.90. The van der Waals surface area contributed by atoms with Gasteiger partial charge >= 0.3 is 0 Å². The number of piperazine rings is 1. The van der Waals surface area contributed by atoms with Crippen molar-refractivity contribution in [3.05, 3.63) is 40.2 Å². The Morgan fingerprint density at radius 2 is 2.00 bits per heavy atom. The van der Waals surface area contributed by atoms with Crippen LogP contribution in [0.25, 0.3) is 11.0 Å². The van der Waals surface area contributed by atoms with Gasteiger partial charge in [0.1, 0.15) is 12.1 Å². The van der Waals surface area contributed by atoms with E-state index in [4.69, 9.17) is 0 Å². The van der Waals surface area contributed by atoms with Crippen molar-refractivity contribution in [1.29, 1.82) is 0 Å². The van der Waals surface area contributed by atoms with Crippen LogP contribution >= 0.6 is 11.8 Å². The molecule has 1 fully saturated rings. The molecule has 2 aliphatic heterocycles. The summed E-state index contributed by atoms with van der Waals surface area (Å²) >= 11 is 1.87. The van der Waals surface area contributed by atoms with E-state index < -0.39 is 0 Å². The third-order valence-electron chi connectivity index (χ3n) is 5.71. The Labute approximate surface area is 172 Å². The molecule has 0 saturated carbocycles. The molecular formula is C19H24N8OS. The van der Waals surface area contributed by atoms with Crippen molar-refractivity contribution < 1.29 is 0 Å². The predicted molar refractivity (Wildman–Crippen MR) is 113 cm³/mol. The molecule has 0 bridgehead atoms. The SMILES string of the molecule is Cn1ncc2c(N3CCN(CCn4nc5c(cc4=O)CSCC5)CC3)ncnc21. The van der Waals surface area contributed by atoms with Gasteiger partial charge in [0, 0.05) is 58.0 Å². The van der Waals surface area contributed by atoms with Gasteiger partial charge in [-0.2, -0.15) is 22.0 Å². The van der Waals surface area contributed by atoms with E-state index >= 15 is 0 Å². The average molecular weight is 413 g/mol. The molecule has 5 rings (SSSR count). The van der Waals surface area contributed by atoms with Gasteiger partial charge in [0.05, 0.1) is 23.8 Å². The molecule has 0 aromatic carbocycles. The molecule has 9 nitrogen and oxygen atoms in total. The topological polar surface area (TPSA) is 85.0 Å². The van der Waals surface area contributed by atoms with Crippen LogP contribution in [0.15, 0.2) is 23.4 Å². The number of rotatable bonds is 4. The highest BCUT2D eigenvalue weighted by atomic mass is 32.2. The van der Waals surface area contributed by atoms with E-state index in [0.29, 0.717) is 6.54 Å². The number of thioether (sulfide) groups is 1. The summed E-state index contributed by atoms with van der Waals surface area (Å²) in [6.07, 6.45) is 4.41. The number of anilines is 1. The highest BCUT2D eigenvalue weighted by molar-refractivity contribution is 7.98. The molecule has 3 aromatic rings. The first-order valence-corrected chi connectivity index (χ1v) is 11.1. The van der Waals surface area contributed by atoms with Crippen molar-refractivity contribution in [1.82, 2.24) is 34.4 Å². The lowest BCUT2D eigenvalue weighted by molar-refractivity contribution is 0.242. The number of nitrogens with zero attached hydrogens (tertiary/aromatic N) is 8. The molecule has 152 valence electrons. The van der Waals surface area contributed by atoms with Crippen LogP contribution in [-0.4, -0.2) is 72.9 Å². The van der Waals surface area contributed by atoms with Gasteiger partial charge in [-0.15, -0.1) is 0 Å². The zero-order chi connectivity index (χ0) is 19.8. The normalized spacial score (nSPS) is 17.6. The standard InChI is InChI=1S/C19H24N8OS/c1-24-18-15(11-22-24)19(21-13-20-18)26-6-3-25(4-7-26)5-8-27-17(28)10-14-12-29-9-2-16(14)23-27/h10-11,13H,2-9,12H2,1H3. The average Bonchev–Trinajstić information content (AvgIpc) is 3.14. The van der Waals surface area contributed by atoms with Gasteiger partial charge in [0.2, 0.25) is 0 Å². The predicted octanol–water partition coefficient (Wildman–Crippen LogP) is 0.532. The molecule has 1 saturated heterocycles. The minimum Gasteiger partial charge on any atom is -0.353 e. The third-order valence-corrected chi connectivity index (χ3v) is 6.72. The summed E-state index contributed by atoms with van der Waals surface area (Å²) in [5, 5.41) is 9.92. The van der Waals surface area contributed by atoms with E-state index in [1.807, 2.05) is 25.0 Å². The number of hydrogen-bond donors (Lipinski definition) is 0. The maximum absolute atomic E-state index is 12.4. The summed E-state index contributed by atoms with van der Waals surface area (Å²) in [5.41, 5.74) is 3.08. The van der Waals surface area contributed by atoms with Crippen molar-refractivity contribution in [3.63, 3.8) is 0 Å². The van der Waals surface area contributed by atoms with Crippen LogP contribution in [-0.2, 0) is 25.8 Å². The van der Waals surface area contributed by atoms with Crippen molar-refractivity contribution in [2.45, 2.75) is 18.7 Å². The number of hydrogen-bond acceptors (Lipinski definition) is 8. The zero-order valence-electron chi connectivity index (χ0n) is 16.5. The van der Waals surface area contributed by atoms with Crippen LogP contribution < -0.4 is 10.5 Å². The second-order valence-electron chi connectivity index (χ2n) is 7.51. The Bertz CT molecular complexity index is 1090. The molecule has 0 spiro atoms. The van der Waals surface area contributed by atoms with Crippen LogP contribution in [0.2, 0.25) is 0 Å². The molecule has 0 N–H and O–H groups in total. The second-order valence-corrected chi connectivity index (χ2v) is 8.62. The quantitative estimate of drug-likeness (QED) is 0.614. The minimum atomic E-state index is 0.0184. The molecule has 0 atom stereocenters. The Kier molecular flexibility index (Phi) is 4.96. The van der Waals surface area contributed by atoms with Crippen LogP contribution in [0.5, 0.6) is 0 Å². The van der Waals surface area contributed by atoms with Gasteiger partial charge in [-0.3, -0.25) is 14.4 Å². The number of fused-ring (bicyclic) bond motifs is 2. The van der Waals surface area contributed by atoms with Crippen LogP contribution in [0, 0.1) is 0 Å². The van der Waals surface area contributed by atoms with Crippen molar-refractivity contribution in [3.8, 4) is 0 Å². The number of aryl methyl sites for hydroxylation is 2. The molecule has 0 amide bonds. The van der Waals surface area contributed by atoms with Crippen molar-refractivity contribution in [2.24, 2.45) is 7.05 Å². The van der Waals surface area contributed by atoms with E-state index in [0.717, 1.165) is 78.8 Å². The lowest BCUT2D eigenvalue weighted by Crippen LogP contribution is -2.48. The summed E-state index contributed by atoms with van der Waals surface area (Å²) in [4.78, 5) is 25.9. The van der Waals surface area contributed by atoms with Crippen molar-refractivity contribution >= 4 is 28.6 Å². The maximum atomic E-state index is 12.4. The summed E-state index contributed by atoms with van der Waals surface area (Å²) in [5.74, 6) is 2.95. The fraction of sp³-hybridized carbons (Fsp3) is 0.526. The molecule has 0 aliphatic carbocycles. The first kappa shape index (κ1) is 18.6. The van der Waals surface area contributed by atoms with E-state index in [9.17, 15) is 4.79 Å². The van der Waals surface area contributed by atoms with E-state index in [1.165, 1.54) is 0 Å². The fourth-order valence-electron chi connectivity index (χ4n) is 4.03. The smallest absolute Gasteiger partial charge is 0.267 e. The third kappa shape index (κ3) is 3.62. The lowest BCUT2D eigenvalue weighted by atomic mass is 10.2. The molecule has 3 aromatic heterocycles. The van der Waals surface area contributed by atoms with Gasteiger partial charge in [-0.05, 0) is 11.3 Å². The minimum absolute atomic E-state index is 0.0184. The Morgan fingerprint density at radius 3 is 2.86 bits per heavy atom. The molecule has 2 aliphatic rings. The summed E-state index contributed by atoms with van der Waals surface area (Å²) < 4.78 is 3.42. The van der Waals surface area contributed by atoms with Gasteiger partial charge < -0.3 is 4.90 Å².